The molecule has 0 saturated carbocycles. The fraction of sp³-hybridized carbons (Fsp3) is 0.200. The lowest BCUT2D eigenvalue weighted by atomic mass is 10.1. The molecule has 146 valence electrons. The third-order valence-corrected chi connectivity index (χ3v) is 3.94. The Morgan fingerprint density at radius 2 is 1.89 bits per heavy atom. The molecule has 1 N–H and O–H groups in total. The number of methoxy groups -OCH3 is 1. The van der Waals surface area contributed by atoms with Crippen LogP contribution in [-0.4, -0.2) is 24.7 Å². The number of halogens is 2. The number of nitrogens with zero attached hydrogens (tertiary/aromatic N) is 1. The fourth-order valence-electron chi connectivity index (χ4n) is 2.56. The maximum absolute atomic E-state index is 13.5. The van der Waals surface area contributed by atoms with Gasteiger partial charge in [-0.05, 0) is 30.2 Å². The first-order chi connectivity index (χ1) is 13.6. The Morgan fingerprint density at radius 1 is 1.14 bits per heavy atom. The van der Waals surface area contributed by atoms with Crippen molar-refractivity contribution >= 4 is 5.91 Å². The van der Waals surface area contributed by atoms with Gasteiger partial charge >= 0.3 is 0 Å². The minimum absolute atomic E-state index is 0.0487. The van der Waals surface area contributed by atoms with Gasteiger partial charge in [0.2, 0.25) is 0 Å². The Balaban J connectivity index is 1.52. The molecule has 1 aromatic heterocycles. The second-order valence-electron chi connectivity index (χ2n) is 5.84. The molecule has 28 heavy (non-hydrogen) atoms. The molecule has 0 unspecified atom stereocenters. The van der Waals surface area contributed by atoms with Gasteiger partial charge in [0, 0.05) is 12.6 Å². The Bertz CT molecular complexity index is 939. The van der Waals surface area contributed by atoms with Crippen molar-refractivity contribution in [1.29, 1.82) is 0 Å². The third-order valence-electron chi connectivity index (χ3n) is 3.94. The molecule has 0 spiro atoms. The maximum atomic E-state index is 13.5. The first-order valence-corrected chi connectivity index (χ1v) is 8.51. The molecule has 3 rings (SSSR count). The van der Waals surface area contributed by atoms with E-state index in [0.29, 0.717) is 13.0 Å². The van der Waals surface area contributed by atoms with Crippen molar-refractivity contribution in [2.45, 2.75) is 13.0 Å². The monoisotopic (exact) mass is 388 g/mol. The number of ether oxygens (including phenoxy) is 2. The van der Waals surface area contributed by atoms with Crippen LogP contribution in [0.5, 0.6) is 11.5 Å². The van der Waals surface area contributed by atoms with Crippen LogP contribution in [0.2, 0.25) is 0 Å². The molecule has 0 saturated heterocycles. The van der Waals surface area contributed by atoms with Crippen molar-refractivity contribution in [2.24, 2.45) is 0 Å². The molecule has 0 fully saturated rings. The Hall–Kier alpha value is -3.42. The minimum atomic E-state index is -0.825. The van der Waals surface area contributed by atoms with Crippen LogP contribution in [-0.2, 0) is 13.0 Å². The molecule has 2 aromatic carbocycles. The summed E-state index contributed by atoms with van der Waals surface area (Å²) < 4.78 is 42.4. The highest BCUT2D eigenvalue weighted by Crippen LogP contribution is 2.22. The first-order valence-electron chi connectivity index (χ1n) is 8.51. The zero-order chi connectivity index (χ0) is 19.9. The van der Waals surface area contributed by atoms with Crippen molar-refractivity contribution in [2.75, 3.05) is 13.7 Å². The van der Waals surface area contributed by atoms with Crippen molar-refractivity contribution in [3.05, 3.63) is 77.2 Å². The number of aromatic nitrogens is 1. The lowest BCUT2D eigenvalue weighted by Gasteiger charge is -2.08. The summed E-state index contributed by atoms with van der Waals surface area (Å²) in [6.45, 7) is 0.109. The predicted octanol–water partition coefficient (Wildman–Crippen LogP) is 3.51. The fourth-order valence-corrected chi connectivity index (χ4v) is 2.56. The van der Waals surface area contributed by atoms with E-state index in [9.17, 15) is 13.6 Å². The van der Waals surface area contributed by atoms with E-state index in [2.05, 4.69) is 10.5 Å². The molecule has 0 bridgehead atoms. The Kier molecular flexibility index (Phi) is 6.21. The van der Waals surface area contributed by atoms with Crippen LogP contribution in [0.25, 0.3) is 0 Å². The number of rotatable bonds is 8. The second-order valence-corrected chi connectivity index (χ2v) is 5.84. The predicted molar refractivity (Wildman–Crippen MR) is 96.2 cm³/mol. The zero-order valence-corrected chi connectivity index (χ0v) is 15.1. The van der Waals surface area contributed by atoms with Crippen molar-refractivity contribution in [1.82, 2.24) is 10.5 Å². The summed E-state index contributed by atoms with van der Waals surface area (Å²) in [6.07, 6.45) is 0.579. The van der Waals surface area contributed by atoms with Gasteiger partial charge in [-0.25, -0.2) is 8.78 Å². The number of amides is 1. The Morgan fingerprint density at radius 3 is 2.64 bits per heavy atom. The van der Waals surface area contributed by atoms with Crippen LogP contribution < -0.4 is 14.8 Å². The van der Waals surface area contributed by atoms with E-state index in [4.69, 9.17) is 14.0 Å². The van der Waals surface area contributed by atoms with Crippen molar-refractivity contribution in [3.63, 3.8) is 0 Å². The number of carbonyl (C=O) groups is 1. The molecule has 0 aliphatic rings. The molecule has 0 aliphatic heterocycles. The summed E-state index contributed by atoms with van der Waals surface area (Å²) in [6, 6.07) is 12.3. The molecular formula is C20H18F2N2O4. The molecule has 3 aromatic rings. The number of hydrogen-bond donors (Lipinski definition) is 1. The molecule has 0 aliphatic carbocycles. The minimum Gasteiger partial charge on any atom is -0.496 e. The van der Waals surface area contributed by atoms with Crippen molar-refractivity contribution < 1.29 is 27.6 Å². The average Bonchev–Trinajstić information content (AvgIpc) is 3.17. The van der Waals surface area contributed by atoms with Gasteiger partial charge in [-0.15, -0.1) is 0 Å². The average molecular weight is 388 g/mol. The summed E-state index contributed by atoms with van der Waals surface area (Å²) in [5, 5.41) is 6.38. The van der Waals surface area contributed by atoms with Crippen LogP contribution in [0.1, 0.15) is 21.8 Å². The highest BCUT2D eigenvalue weighted by Gasteiger charge is 2.15. The summed E-state index contributed by atoms with van der Waals surface area (Å²) in [4.78, 5) is 12.2. The van der Waals surface area contributed by atoms with Crippen LogP contribution >= 0.6 is 0 Å². The highest BCUT2D eigenvalue weighted by molar-refractivity contribution is 5.92. The topological polar surface area (TPSA) is 73.6 Å². The quantitative estimate of drug-likeness (QED) is 0.639. The largest absolute Gasteiger partial charge is 0.496 e. The van der Waals surface area contributed by atoms with Crippen LogP contribution in [0.4, 0.5) is 8.78 Å². The smallest absolute Gasteiger partial charge is 0.273 e. The number of carbonyl (C=O) groups excluding carboxylic acids is 1. The molecule has 1 amide bonds. The van der Waals surface area contributed by atoms with E-state index in [-0.39, 0.29) is 18.1 Å². The molecular weight excluding hydrogens is 370 g/mol. The molecule has 0 atom stereocenters. The van der Waals surface area contributed by atoms with Gasteiger partial charge in [0.15, 0.2) is 28.8 Å². The van der Waals surface area contributed by atoms with E-state index in [1.165, 1.54) is 12.1 Å². The molecule has 6 nitrogen and oxygen atoms in total. The van der Waals surface area contributed by atoms with Gasteiger partial charge in [0.1, 0.15) is 12.4 Å². The first kappa shape index (κ1) is 19.3. The Labute approximate surface area is 160 Å². The van der Waals surface area contributed by atoms with E-state index in [1.54, 1.807) is 7.11 Å². The summed E-state index contributed by atoms with van der Waals surface area (Å²) in [7, 11) is 1.59. The van der Waals surface area contributed by atoms with Crippen LogP contribution in [0.15, 0.2) is 53.1 Å². The van der Waals surface area contributed by atoms with Gasteiger partial charge in [0.25, 0.3) is 5.91 Å². The van der Waals surface area contributed by atoms with E-state index < -0.39 is 23.3 Å². The molecule has 1 heterocycles. The lowest BCUT2D eigenvalue weighted by molar-refractivity contribution is 0.0944. The number of hydrogen-bond acceptors (Lipinski definition) is 5. The molecule has 8 heteroatoms. The maximum Gasteiger partial charge on any atom is 0.273 e. The normalized spacial score (nSPS) is 10.5. The van der Waals surface area contributed by atoms with E-state index >= 15 is 0 Å². The number of nitrogens with one attached hydrogen (secondary N) is 1. The van der Waals surface area contributed by atoms with E-state index in [1.807, 2.05) is 24.3 Å². The number of benzene rings is 2. The van der Waals surface area contributed by atoms with Gasteiger partial charge < -0.3 is 19.3 Å². The van der Waals surface area contributed by atoms with Gasteiger partial charge in [-0.1, -0.05) is 29.4 Å². The molecule has 0 radical (unpaired) electrons. The highest BCUT2D eigenvalue weighted by atomic mass is 19.1. The SMILES string of the molecule is COc1ccccc1CCNC(=O)c1cc(COc2c(F)cccc2F)on1. The van der Waals surface area contributed by atoms with Gasteiger partial charge in [-0.3, -0.25) is 4.79 Å². The van der Waals surface area contributed by atoms with Gasteiger partial charge in [-0.2, -0.15) is 0 Å². The second kappa shape index (κ2) is 8.98. The zero-order valence-electron chi connectivity index (χ0n) is 15.1. The van der Waals surface area contributed by atoms with Crippen LogP contribution in [0.3, 0.4) is 0 Å². The number of para-hydroxylation sites is 2. The lowest BCUT2D eigenvalue weighted by Crippen LogP contribution is -2.26. The summed E-state index contributed by atoms with van der Waals surface area (Å²) in [5.74, 6) is -1.68. The van der Waals surface area contributed by atoms with E-state index in [0.717, 1.165) is 23.4 Å². The third kappa shape index (κ3) is 4.64. The van der Waals surface area contributed by atoms with Gasteiger partial charge in [0.05, 0.1) is 7.11 Å². The van der Waals surface area contributed by atoms with Crippen molar-refractivity contribution in [3.8, 4) is 11.5 Å². The standard InChI is InChI=1S/C20H18F2N2O4/c1-26-18-8-3-2-5-13(18)9-10-23-20(25)17-11-14(28-24-17)12-27-19-15(21)6-4-7-16(19)22/h2-8,11H,9-10,12H2,1H3,(H,23,25). The summed E-state index contributed by atoms with van der Waals surface area (Å²) >= 11 is 0. The van der Waals surface area contributed by atoms with Crippen LogP contribution in [0, 0.1) is 11.6 Å². The summed E-state index contributed by atoms with van der Waals surface area (Å²) in [5.41, 5.74) is 1.01.